The van der Waals surface area contributed by atoms with Crippen LogP contribution in [0.15, 0.2) is 0 Å². The van der Waals surface area contributed by atoms with Crippen molar-refractivity contribution in [2.75, 3.05) is 13.2 Å². The summed E-state index contributed by atoms with van der Waals surface area (Å²) >= 11 is 0. The summed E-state index contributed by atoms with van der Waals surface area (Å²) in [6.07, 6.45) is -6.36. The fourth-order valence-electron chi connectivity index (χ4n) is 0.321. The lowest BCUT2D eigenvalue weighted by atomic mass is 10.4. The molecule has 62 valence electrons. The van der Waals surface area contributed by atoms with Crippen LogP contribution in [0.2, 0.25) is 0 Å². The van der Waals surface area contributed by atoms with Crippen LogP contribution in [0.5, 0.6) is 0 Å². The lowest BCUT2D eigenvalue weighted by Gasteiger charge is -2.13. The van der Waals surface area contributed by atoms with Crippen LogP contribution >= 0.6 is 0 Å². The lowest BCUT2D eigenvalue weighted by molar-refractivity contribution is -0.348. The fourth-order valence-corrected chi connectivity index (χ4v) is 0.321. The first-order valence-electron chi connectivity index (χ1n) is 2.46. The lowest BCUT2D eigenvalue weighted by Crippen LogP contribution is -2.29. The summed E-state index contributed by atoms with van der Waals surface area (Å²) in [5.41, 5.74) is 0. The van der Waals surface area contributed by atoms with Gasteiger partial charge in [-0.3, -0.25) is 4.74 Å². The van der Waals surface area contributed by atoms with Gasteiger partial charge in [0.2, 0.25) is 0 Å². The third kappa shape index (κ3) is 4.54. The highest BCUT2D eigenvalue weighted by Gasteiger charge is 2.32. The van der Waals surface area contributed by atoms with Gasteiger partial charge in [0.25, 0.3) is 0 Å². The Hall–Kier alpha value is -0.330. The van der Waals surface area contributed by atoms with Gasteiger partial charge in [-0.2, -0.15) is 0 Å². The van der Waals surface area contributed by atoms with Gasteiger partial charge in [0.1, 0.15) is 6.10 Å². The van der Waals surface area contributed by atoms with E-state index < -0.39 is 25.7 Å². The molecule has 10 heavy (non-hydrogen) atoms. The predicted molar refractivity (Wildman–Crippen MR) is 25.1 cm³/mol. The first kappa shape index (κ1) is 9.67. The quantitative estimate of drug-likeness (QED) is 0.604. The number of aliphatic hydroxyl groups is 2. The zero-order chi connectivity index (χ0) is 8.20. The summed E-state index contributed by atoms with van der Waals surface area (Å²) in [5, 5.41) is 16.2. The van der Waals surface area contributed by atoms with E-state index >= 15 is 0 Å². The summed E-state index contributed by atoms with van der Waals surface area (Å²) in [6.45, 7) is -1.70. The zero-order valence-corrected chi connectivity index (χ0v) is 4.93. The van der Waals surface area contributed by atoms with Crippen molar-refractivity contribution in [1.29, 1.82) is 0 Å². The number of hydrogen-bond acceptors (Lipinski definition) is 3. The standard InChI is InChI=1S/C4H7F3O3/c5-4(6,7)10-3(1-8)2-9/h3,8-9H,1-2H2. The van der Waals surface area contributed by atoms with Gasteiger partial charge < -0.3 is 10.2 Å². The Kier molecular flexibility index (Phi) is 3.62. The summed E-state index contributed by atoms with van der Waals surface area (Å²) in [6, 6.07) is 0. The summed E-state index contributed by atoms with van der Waals surface area (Å²) in [4.78, 5) is 0. The van der Waals surface area contributed by atoms with Crippen LogP contribution in [0, 0.1) is 0 Å². The second-order valence-electron chi connectivity index (χ2n) is 1.55. The van der Waals surface area contributed by atoms with Crippen LogP contribution in [0.1, 0.15) is 0 Å². The Labute approximate surface area is 55.0 Å². The molecule has 0 rings (SSSR count). The molecule has 0 unspecified atom stereocenters. The molecule has 0 bridgehead atoms. The van der Waals surface area contributed by atoms with Gasteiger partial charge in [-0.1, -0.05) is 0 Å². The molecule has 0 aliphatic heterocycles. The van der Waals surface area contributed by atoms with Gasteiger partial charge in [0, 0.05) is 0 Å². The van der Waals surface area contributed by atoms with E-state index in [0.29, 0.717) is 0 Å². The second-order valence-corrected chi connectivity index (χ2v) is 1.55. The topological polar surface area (TPSA) is 49.7 Å². The van der Waals surface area contributed by atoms with Crippen molar-refractivity contribution in [3.8, 4) is 0 Å². The fraction of sp³-hybridized carbons (Fsp3) is 1.00. The van der Waals surface area contributed by atoms with E-state index in [1.807, 2.05) is 0 Å². The summed E-state index contributed by atoms with van der Waals surface area (Å²) in [7, 11) is 0. The highest BCUT2D eigenvalue weighted by molar-refractivity contribution is 4.51. The molecule has 0 aromatic carbocycles. The Bertz CT molecular complexity index is 88.2. The number of ether oxygens (including phenoxy) is 1. The number of halogens is 3. The van der Waals surface area contributed by atoms with Gasteiger partial charge in [-0.15, -0.1) is 13.2 Å². The molecule has 0 heterocycles. The minimum Gasteiger partial charge on any atom is -0.394 e. The molecule has 0 atom stereocenters. The van der Waals surface area contributed by atoms with E-state index in [1.165, 1.54) is 0 Å². The van der Waals surface area contributed by atoms with Crippen LogP contribution in [0.4, 0.5) is 13.2 Å². The Morgan fingerprint density at radius 3 is 1.70 bits per heavy atom. The van der Waals surface area contributed by atoms with Gasteiger partial charge in [0.15, 0.2) is 0 Å². The first-order valence-corrected chi connectivity index (χ1v) is 2.46. The molecule has 0 radical (unpaired) electrons. The van der Waals surface area contributed by atoms with E-state index in [9.17, 15) is 13.2 Å². The smallest absolute Gasteiger partial charge is 0.394 e. The van der Waals surface area contributed by atoms with Gasteiger partial charge >= 0.3 is 6.36 Å². The molecule has 0 aromatic rings. The highest BCUT2D eigenvalue weighted by Crippen LogP contribution is 2.18. The number of hydrogen-bond donors (Lipinski definition) is 2. The third-order valence-corrected chi connectivity index (χ3v) is 0.708. The molecule has 3 nitrogen and oxygen atoms in total. The zero-order valence-electron chi connectivity index (χ0n) is 4.93. The summed E-state index contributed by atoms with van der Waals surface area (Å²) < 4.78 is 36.9. The van der Waals surface area contributed by atoms with Gasteiger partial charge in [-0.25, -0.2) is 0 Å². The van der Waals surface area contributed by atoms with Gasteiger partial charge in [0.05, 0.1) is 13.2 Å². The van der Waals surface area contributed by atoms with E-state index in [2.05, 4.69) is 4.74 Å². The van der Waals surface area contributed by atoms with Gasteiger partial charge in [-0.05, 0) is 0 Å². The molecule has 6 heteroatoms. The Balaban J connectivity index is 3.63. The van der Waals surface area contributed by atoms with Crippen molar-refractivity contribution in [2.45, 2.75) is 12.5 Å². The molecule has 0 saturated carbocycles. The highest BCUT2D eigenvalue weighted by atomic mass is 19.4. The minimum atomic E-state index is -4.80. The number of rotatable bonds is 3. The molecule has 0 aliphatic rings. The van der Waals surface area contributed by atoms with E-state index in [-0.39, 0.29) is 0 Å². The van der Waals surface area contributed by atoms with Crippen molar-refractivity contribution >= 4 is 0 Å². The average molecular weight is 160 g/mol. The minimum absolute atomic E-state index is 0.851. The average Bonchev–Trinajstić information content (AvgIpc) is 1.81. The molecule has 0 aliphatic carbocycles. The molecule has 0 fully saturated rings. The third-order valence-electron chi connectivity index (χ3n) is 0.708. The Morgan fingerprint density at radius 2 is 1.60 bits per heavy atom. The molecular formula is C4H7F3O3. The molecule has 2 N–H and O–H groups in total. The van der Waals surface area contributed by atoms with Crippen molar-refractivity contribution < 1.29 is 28.1 Å². The van der Waals surface area contributed by atoms with Crippen LogP contribution < -0.4 is 0 Å². The molecule has 0 spiro atoms. The van der Waals surface area contributed by atoms with Crippen molar-refractivity contribution in [3.05, 3.63) is 0 Å². The van der Waals surface area contributed by atoms with Crippen molar-refractivity contribution in [3.63, 3.8) is 0 Å². The van der Waals surface area contributed by atoms with Crippen LogP contribution in [0.25, 0.3) is 0 Å². The maximum absolute atomic E-state index is 11.2. The normalized spacial score (nSPS) is 12.6. The predicted octanol–water partition coefficient (Wildman–Crippen LogP) is -0.124. The first-order chi connectivity index (χ1) is 4.49. The number of aliphatic hydroxyl groups excluding tert-OH is 2. The largest absolute Gasteiger partial charge is 0.522 e. The summed E-state index contributed by atoms with van der Waals surface area (Å²) in [5.74, 6) is 0. The van der Waals surface area contributed by atoms with E-state index in [4.69, 9.17) is 10.2 Å². The molecule has 0 aromatic heterocycles. The molecule has 0 saturated heterocycles. The monoisotopic (exact) mass is 160 g/mol. The SMILES string of the molecule is OCC(CO)OC(F)(F)F. The second kappa shape index (κ2) is 3.75. The molecule has 0 amide bonds. The van der Waals surface area contributed by atoms with Crippen molar-refractivity contribution in [2.24, 2.45) is 0 Å². The molecular weight excluding hydrogens is 153 g/mol. The number of alkyl halides is 3. The van der Waals surface area contributed by atoms with Crippen LogP contribution in [0.3, 0.4) is 0 Å². The maximum Gasteiger partial charge on any atom is 0.522 e. The van der Waals surface area contributed by atoms with Crippen molar-refractivity contribution in [1.82, 2.24) is 0 Å². The maximum atomic E-state index is 11.2. The van der Waals surface area contributed by atoms with E-state index in [1.54, 1.807) is 0 Å². The van der Waals surface area contributed by atoms with Crippen LogP contribution in [-0.4, -0.2) is 35.9 Å². The van der Waals surface area contributed by atoms with E-state index in [0.717, 1.165) is 0 Å². The Morgan fingerprint density at radius 1 is 1.20 bits per heavy atom. The van der Waals surface area contributed by atoms with Crippen LogP contribution in [-0.2, 0) is 4.74 Å².